The highest BCUT2D eigenvalue weighted by Gasteiger charge is 2.02. The summed E-state index contributed by atoms with van der Waals surface area (Å²) in [6, 6.07) is 0. The molecule has 0 aliphatic carbocycles. The first-order chi connectivity index (χ1) is 7.06. The third-order valence-electron chi connectivity index (χ3n) is 2.38. The van der Waals surface area contributed by atoms with Crippen LogP contribution < -0.4 is 0 Å². The van der Waals surface area contributed by atoms with Gasteiger partial charge in [-0.05, 0) is 33.5 Å². The first-order valence-corrected chi connectivity index (χ1v) is 5.77. The van der Waals surface area contributed by atoms with E-state index in [4.69, 9.17) is 5.11 Å². The van der Waals surface area contributed by atoms with Crippen LogP contribution in [0.2, 0.25) is 0 Å². The van der Waals surface area contributed by atoms with Crippen molar-refractivity contribution in [2.45, 2.75) is 34.6 Å². The summed E-state index contributed by atoms with van der Waals surface area (Å²) < 4.78 is 0. The molecule has 0 spiro atoms. The van der Waals surface area contributed by atoms with Crippen LogP contribution in [0.3, 0.4) is 0 Å². The van der Waals surface area contributed by atoms with E-state index < -0.39 is 6.09 Å². The fraction of sp³-hybridized carbons (Fsp3) is 0.909. The second-order valence-corrected chi connectivity index (χ2v) is 3.07. The lowest BCUT2D eigenvalue weighted by molar-refractivity contribution is 0.150. The highest BCUT2D eigenvalue weighted by Crippen LogP contribution is 1.84. The van der Waals surface area contributed by atoms with E-state index in [-0.39, 0.29) is 0 Å². The van der Waals surface area contributed by atoms with Crippen molar-refractivity contribution in [2.24, 2.45) is 0 Å². The molecule has 15 heavy (non-hydrogen) atoms. The largest absolute Gasteiger partial charge is 0.465 e. The van der Waals surface area contributed by atoms with E-state index in [0.29, 0.717) is 13.1 Å². The van der Waals surface area contributed by atoms with Crippen LogP contribution in [-0.2, 0) is 0 Å². The number of nitrogens with zero attached hydrogens (tertiary/aromatic N) is 2. The van der Waals surface area contributed by atoms with Crippen LogP contribution >= 0.6 is 0 Å². The van der Waals surface area contributed by atoms with Crippen molar-refractivity contribution in [1.82, 2.24) is 9.80 Å². The normalized spacial score (nSPS) is 9.47. The van der Waals surface area contributed by atoms with Crippen LogP contribution in [0, 0.1) is 0 Å². The standard InChI is InChI=1S/C6H15N.C5H11NO2/c1-4-7(5-2)6-3;1-3-6(4-2)5(7)8/h4-6H2,1-3H3;3-4H2,1-2H3,(H,7,8). The van der Waals surface area contributed by atoms with Crippen LogP contribution in [0.4, 0.5) is 4.79 Å². The molecule has 0 saturated heterocycles. The topological polar surface area (TPSA) is 43.8 Å². The van der Waals surface area contributed by atoms with Gasteiger partial charge >= 0.3 is 6.09 Å². The zero-order valence-corrected chi connectivity index (χ0v) is 10.8. The Balaban J connectivity index is 0. The van der Waals surface area contributed by atoms with E-state index >= 15 is 0 Å². The van der Waals surface area contributed by atoms with Gasteiger partial charge in [-0.3, -0.25) is 0 Å². The maximum Gasteiger partial charge on any atom is 0.407 e. The molecular formula is C11H26N2O2. The van der Waals surface area contributed by atoms with Crippen molar-refractivity contribution in [2.75, 3.05) is 32.7 Å². The summed E-state index contributed by atoms with van der Waals surface area (Å²) in [6.07, 6.45) is -0.838. The zero-order chi connectivity index (χ0) is 12.3. The van der Waals surface area contributed by atoms with Gasteiger partial charge in [-0.2, -0.15) is 0 Å². The lowest BCUT2D eigenvalue weighted by Crippen LogP contribution is -2.28. The summed E-state index contributed by atoms with van der Waals surface area (Å²) in [6.45, 7) is 14.9. The Morgan fingerprint density at radius 1 is 0.867 bits per heavy atom. The molecule has 0 unspecified atom stereocenters. The summed E-state index contributed by atoms with van der Waals surface area (Å²) in [4.78, 5) is 13.8. The monoisotopic (exact) mass is 218 g/mol. The molecule has 0 aromatic rings. The Bertz CT molecular complexity index is 138. The quantitative estimate of drug-likeness (QED) is 0.770. The summed E-state index contributed by atoms with van der Waals surface area (Å²) in [5.74, 6) is 0. The zero-order valence-electron chi connectivity index (χ0n) is 10.8. The van der Waals surface area contributed by atoms with Crippen LogP contribution in [0.25, 0.3) is 0 Å². The minimum atomic E-state index is -0.838. The van der Waals surface area contributed by atoms with Crippen molar-refractivity contribution < 1.29 is 9.90 Å². The highest BCUT2D eigenvalue weighted by molar-refractivity contribution is 5.64. The molecule has 0 saturated carbocycles. The van der Waals surface area contributed by atoms with Crippen molar-refractivity contribution in [3.8, 4) is 0 Å². The summed E-state index contributed by atoms with van der Waals surface area (Å²) in [5, 5.41) is 8.30. The van der Waals surface area contributed by atoms with Crippen molar-refractivity contribution >= 4 is 6.09 Å². The Morgan fingerprint density at radius 2 is 1.20 bits per heavy atom. The van der Waals surface area contributed by atoms with E-state index in [1.807, 2.05) is 13.8 Å². The van der Waals surface area contributed by atoms with Crippen LogP contribution in [0.1, 0.15) is 34.6 Å². The molecule has 0 aromatic carbocycles. The van der Waals surface area contributed by atoms with E-state index in [2.05, 4.69) is 25.7 Å². The lowest BCUT2D eigenvalue weighted by Gasteiger charge is -2.13. The number of hydrogen-bond donors (Lipinski definition) is 1. The molecule has 92 valence electrons. The minimum absolute atomic E-state index is 0.575. The Morgan fingerprint density at radius 3 is 1.20 bits per heavy atom. The molecule has 0 bridgehead atoms. The number of amides is 1. The Kier molecular flexibility index (Phi) is 12.6. The third-order valence-corrected chi connectivity index (χ3v) is 2.38. The van der Waals surface area contributed by atoms with Gasteiger partial charge in [-0.15, -0.1) is 0 Å². The summed E-state index contributed by atoms with van der Waals surface area (Å²) in [5.41, 5.74) is 0. The molecule has 1 N–H and O–H groups in total. The van der Waals surface area contributed by atoms with Gasteiger partial charge in [0.25, 0.3) is 0 Å². The van der Waals surface area contributed by atoms with Crippen LogP contribution in [0.15, 0.2) is 0 Å². The van der Waals surface area contributed by atoms with Gasteiger partial charge in [0.2, 0.25) is 0 Å². The predicted molar refractivity (Wildman–Crippen MR) is 64.4 cm³/mol. The molecule has 0 fully saturated rings. The van der Waals surface area contributed by atoms with Gasteiger partial charge in [-0.1, -0.05) is 20.8 Å². The molecular weight excluding hydrogens is 192 g/mol. The van der Waals surface area contributed by atoms with Crippen LogP contribution in [-0.4, -0.2) is 53.7 Å². The fourth-order valence-electron chi connectivity index (χ4n) is 1.16. The molecule has 0 aromatic heterocycles. The Hall–Kier alpha value is -0.770. The van der Waals surface area contributed by atoms with Gasteiger partial charge < -0.3 is 14.9 Å². The predicted octanol–water partition coefficient (Wildman–Crippen LogP) is 2.35. The molecule has 0 heterocycles. The minimum Gasteiger partial charge on any atom is -0.465 e. The van der Waals surface area contributed by atoms with E-state index in [0.717, 1.165) is 0 Å². The number of carboxylic acid groups (broad SMARTS) is 1. The number of hydrogen-bond acceptors (Lipinski definition) is 2. The van der Waals surface area contributed by atoms with E-state index in [9.17, 15) is 4.79 Å². The second-order valence-electron chi connectivity index (χ2n) is 3.07. The van der Waals surface area contributed by atoms with Gasteiger partial charge in [0, 0.05) is 13.1 Å². The average molecular weight is 218 g/mol. The first kappa shape index (κ1) is 16.7. The lowest BCUT2D eigenvalue weighted by atomic mass is 10.5. The molecule has 4 heteroatoms. The van der Waals surface area contributed by atoms with Gasteiger partial charge in [0.15, 0.2) is 0 Å². The van der Waals surface area contributed by atoms with Gasteiger partial charge in [-0.25, -0.2) is 4.79 Å². The maximum atomic E-state index is 10.1. The van der Waals surface area contributed by atoms with Crippen LogP contribution in [0.5, 0.6) is 0 Å². The smallest absolute Gasteiger partial charge is 0.407 e. The molecule has 0 rings (SSSR count). The molecule has 1 amide bonds. The summed E-state index contributed by atoms with van der Waals surface area (Å²) in [7, 11) is 0. The average Bonchev–Trinajstić information content (AvgIpc) is 2.22. The second kappa shape index (κ2) is 11.3. The molecule has 0 atom stereocenters. The number of carbonyl (C=O) groups is 1. The molecule has 0 aliphatic heterocycles. The van der Waals surface area contributed by atoms with E-state index in [1.165, 1.54) is 24.5 Å². The van der Waals surface area contributed by atoms with Gasteiger partial charge in [0.1, 0.15) is 0 Å². The molecule has 4 nitrogen and oxygen atoms in total. The fourth-order valence-corrected chi connectivity index (χ4v) is 1.16. The van der Waals surface area contributed by atoms with E-state index in [1.54, 1.807) is 0 Å². The van der Waals surface area contributed by atoms with Crippen molar-refractivity contribution in [3.63, 3.8) is 0 Å². The van der Waals surface area contributed by atoms with Crippen molar-refractivity contribution in [3.05, 3.63) is 0 Å². The maximum absolute atomic E-state index is 10.1. The highest BCUT2D eigenvalue weighted by atomic mass is 16.4. The van der Waals surface area contributed by atoms with Gasteiger partial charge in [0.05, 0.1) is 0 Å². The summed E-state index contributed by atoms with van der Waals surface area (Å²) >= 11 is 0. The SMILES string of the molecule is CCN(CC)C(=O)O.CCN(CC)CC. The third kappa shape index (κ3) is 9.53. The molecule has 0 radical (unpaired) electrons. The number of rotatable bonds is 5. The van der Waals surface area contributed by atoms with Crippen molar-refractivity contribution in [1.29, 1.82) is 0 Å². The first-order valence-electron chi connectivity index (χ1n) is 5.77. The Labute approximate surface area is 93.9 Å². The molecule has 0 aliphatic rings.